The van der Waals surface area contributed by atoms with Gasteiger partial charge >= 0.3 is 0 Å². The average molecular weight is 402 g/mol. The van der Waals surface area contributed by atoms with Crippen molar-refractivity contribution in [3.63, 3.8) is 0 Å². The first-order valence-corrected chi connectivity index (χ1v) is 15.2. The van der Waals surface area contributed by atoms with Gasteiger partial charge in [0.05, 0.1) is 24.6 Å². The standard InChI is InChI=1S/C20H31N3O2Si2/c1-26(2)24-16-14-23(15-17-25-27(3)4)20-12-10-19(11-13-20)22-21-18-8-6-5-7-9-18/h5-13,26-27H,14-17H2,1-4H3. The Bertz CT molecular complexity index is 665. The Balaban J connectivity index is 1.99. The van der Waals surface area contributed by atoms with Crippen LogP contribution in [0.2, 0.25) is 26.2 Å². The monoisotopic (exact) mass is 401 g/mol. The lowest BCUT2D eigenvalue weighted by Gasteiger charge is -2.26. The predicted octanol–water partition coefficient (Wildman–Crippen LogP) is 4.91. The van der Waals surface area contributed by atoms with E-state index in [9.17, 15) is 0 Å². The molecule has 0 fully saturated rings. The topological polar surface area (TPSA) is 46.4 Å². The maximum Gasteiger partial charge on any atom is 0.170 e. The minimum absolute atomic E-state index is 0.762. The van der Waals surface area contributed by atoms with Crippen molar-refractivity contribution >= 4 is 35.1 Å². The molecule has 27 heavy (non-hydrogen) atoms. The highest BCUT2D eigenvalue weighted by Gasteiger charge is 2.08. The van der Waals surface area contributed by atoms with Crippen LogP contribution in [-0.2, 0) is 8.85 Å². The summed E-state index contributed by atoms with van der Waals surface area (Å²) in [5.74, 6) is 0. The van der Waals surface area contributed by atoms with E-state index in [1.165, 1.54) is 0 Å². The van der Waals surface area contributed by atoms with Gasteiger partial charge in [0, 0.05) is 18.8 Å². The van der Waals surface area contributed by atoms with Crippen LogP contribution in [0, 0.1) is 0 Å². The Kier molecular flexibility index (Phi) is 9.40. The number of anilines is 1. The molecule has 0 N–H and O–H groups in total. The molecule has 0 saturated carbocycles. The number of rotatable bonds is 11. The third-order valence-corrected chi connectivity index (χ3v) is 5.68. The molecule has 0 bridgehead atoms. The van der Waals surface area contributed by atoms with Gasteiger partial charge in [-0.15, -0.1) is 0 Å². The van der Waals surface area contributed by atoms with Crippen LogP contribution in [-0.4, -0.2) is 44.4 Å². The van der Waals surface area contributed by atoms with Crippen LogP contribution in [0.1, 0.15) is 0 Å². The highest BCUT2D eigenvalue weighted by atomic mass is 28.3. The highest BCUT2D eigenvalue weighted by Crippen LogP contribution is 2.22. The van der Waals surface area contributed by atoms with E-state index in [0.717, 1.165) is 43.4 Å². The molecule has 146 valence electrons. The van der Waals surface area contributed by atoms with Crippen LogP contribution in [0.25, 0.3) is 0 Å². The van der Waals surface area contributed by atoms with Crippen LogP contribution in [0.15, 0.2) is 64.8 Å². The van der Waals surface area contributed by atoms with Crippen molar-refractivity contribution in [2.24, 2.45) is 10.2 Å². The van der Waals surface area contributed by atoms with Crippen molar-refractivity contribution in [3.05, 3.63) is 54.6 Å². The molecule has 0 atom stereocenters. The summed E-state index contributed by atoms with van der Waals surface area (Å²) in [5, 5.41) is 8.59. The molecule has 0 amide bonds. The van der Waals surface area contributed by atoms with Gasteiger partial charge in [-0.25, -0.2) is 0 Å². The van der Waals surface area contributed by atoms with Crippen LogP contribution in [0.5, 0.6) is 0 Å². The van der Waals surface area contributed by atoms with E-state index < -0.39 is 18.1 Å². The molecule has 0 aromatic heterocycles. The predicted molar refractivity (Wildman–Crippen MR) is 119 cm³/mol. The Morgan fingerprint density at radius 1 is 0.704 bits per heavy atom. The molecule has 2 aromatic rings. The summed E-state index contributed by atoms with van der Waals surface area (Å²) < 4.78 is 11.7. The first kappa shape index (κ1) is 21.5. The summed E-state index contributed by atoms with van der Waals surface area (Å²) in [5.41, 5.74) is 2.86. The zero-order chi connectivity index (χ0) is 19.5. The highest BCUT2D eigenvalue weighted by molar-refractivity contribution is 6.48. The Morgan fingerprint density at radius 3 is 1.67 bits per heavy atom. The quantitative estimate of drug-likeness (QED) is 0.397. The molecule has 0 aliphatic heterocycles. The summed E-state index contributed by atoms with van der Waals surface area (Å²) >= 11 is 0. The van der Waals surface area contributed by atoms with Crippen molar-refractivity contribution in [1.29, 1.82) is 0 Å². The van der Waals surface area contributed by atoms with E-state index in [2.05, 4.69) is 53.4 Å². The number of hydrogen-bond donors (Lipinski definition) is 0. The van der Waals surface area contributed by atoms with E-state index in [0.29, 0.717) is 0 Å². The fourth-order valence-corrected chi connectivity index (χ4v) is 3.66. The molecule has 0 aliphatic rings. The third-order valence-electron chi connectivity index (χ3n) is 3.88. The summed E-state index contributed by atoms with van der Waals surface area (Å²) in [6, 6.07) is 18.0. The van der Waals surface area contributed by atoms with E-state index in [1.54, 1.807) is 0 Å². The largest absolute Gasteiger partial charge is 0.419 e. The molecule has 7 heteroatoms. The van der Waals surface area contributed by atoms with Gasteiger partial charge in [0.25, 0.3) is 0 Å². The maximum atomic E-state index is 5.86. The average Bonchev–Trinajstić information content (AvgIpc) is 2.66. The van der Waals surface area contributed by atoms with Crippen molar-refractivity contribution in [2.45, 2.75) is 26.2 Å². The van der Waals surface area contributed by atoms with Gasteiger partial charge in [-0.1, -0.05) is 18.2 Å². The van der Waals surface area contributed by atoms with Gasteiger partial charge in [-0.3, -0.25) is 0 Å². The second-order valence-electron chi connectivity index (χ2n) is 6.88. The number of benzene rings is 2. The van der Waals surface area contributed by atoms with Gasteiger partial charge in [0.15, 0.2) is 18.1 Å². The molecule has 0 unspecified atom stereocenters. The number of nitrogens with zero attached hydrogens (tertiary/aromatic N) is 3. The zero-order valence-corrected chi connectivity index (χ0v) is 19.1. The molecule has 0 aliphatic carbocycles. The molecule has 2 rings (SSSR count). The molecular weight excluding hydrogens is 370 g/mol. The van der Waals surface area contributed by atoms with Gasteiger partial charge in [0.1, 0.15) is 0 Å². The van der Waals surface area contributed by atoms with Gasteiger partial charge in [-0.05, 0) is 62.6 Å². The summed E-state index contributed by atoms with van der Waals surface area (Å²) in [7, 11) is -1.99. The van der Waals surface area contributed by atoms with Crippen LogP contribution in [0.3, 0.4) is 0 Å². The summed E-state index contributed by atoms with van der Waals surface area (Å²) in [4.78, 5) is 2.33. The molecule has 0 heterocycles. The number of hydrogen-bond acceptors (Lipinski definition) is 5. The Morgan fingerprint density at radius 2 is 1.19 bits per heavy atom. The van der Waals surface area contributed by atoms with Crippen molar-refractivity contribution in [3.8, 4) is 0 Å². The van der Waals surface area contributed by atoms with E-state index in [1.807, 2.05) is 42.5 Å². The van der Waals surface area contributed by atoms with Crippen molar-refractivity contribution in [1.82, 2.24) is 0 Å². The Hall–Kier alpha value is -1.81. The molecule has 0 saturated heterocycles. The Labute approximate surface area is 166 Å². The van der Waals surface area contributed by atoms with Crippen LogP contribution in [0.4, 0.5) is 17.1 Å². The van der Waals surface area contributed by atoms with Gasteiger partial charge in [-0.2, -0.15) is 10.2 Å². The second-order valence-corrected chi connectivity index (χ2v) is 11.7. The lowest BCUT2D eigenvalue weighted by Crippen LogP contribution is -2.32. The van der Waals surface area contributed by atoms with Crippen molar-refractivity contribution < 1.29 is 8.85 Å². The van der Waals surface area contributed by atoms with E-state index in [4.69, 9.17) is 8.85 Å². The maximum absolute atomic E-state index is 5.86. The fourth-order valence-electron chi connectivity index (χ4n) is 2.51. The summed E-state index contributed by atoms with van der Waals surface area (Å²) in [6.45, 7) is 12.1. The molecular formula is C20H31N3O2Si2. The molecule has 0 spiro atoms. The van der Waals surface area contributed by atoms with Crippen molar-refractivity contribution in [2.75, 3.05) is 31.2 Å². The van der Waals surface area contributed by atoms with Gasteiger partial charge < -0.3 is 13.8 Å². The zero-order valence-electron chi connectivity index (χ0n) is 16.8. The third kappa shape index (κ3) is 8.61. The van der Waals surface area contributed by atoms with Gasteiger partial charge in [0.2, 0.25) is 0 Å². The minimum Gasteiger partial charge on any atom is -0.419 e. The van der Waals surface area contributed by atoms with E-state index in [-0.39, 0.29) is 0 Å². The molecule has 2 aromatic carbocycles. The second kappa shape index (κ2) is 11.8. The lowest BCUT2D eigenvalue weighted by molar-refractivity contribution is 0.311. The smallest absolute Gasteiger partial charge is 0.170 e. The SMILES string of the molecule is C[SiH](C)OCCN(CCO[SiH](C)C)c1ccc(N=Nc2ccccc2)cc1. The normalized spacial score (nSPS) is 11.6. The molecule has 0 radical (unpaired) electrons. The van der Waals surface area contributed by atoms with Crippen LogP contribution < -0.4 is 4.90 Å². The molecule has 5 nitrogen and oxygen atoms in total. The van der Waals surface area contributed by atoms with Crippen LogP contribution >= 0.6 is 0 Å². The minimum atomic E-state index is -0.993. The first-order chi connectivity index (χ1) is 13.0. The lowest BCUT2D eigenvalue weighted by atomic mass is 10.2. The van der Waals surface area contributed by atoms with E-state index >= 15 is 0 Å². The summed E-state index contributed by atoms with van der Waals surface area (Å²) in [6.07, 6.45) is 0. The first-order valence-electron chi connectivity index (χ1n) is 9.59. The fraction of sp³-hybridized carbons (Fsp3) is 0.400. The number of azo groups is 1.